The van der Waals surface area contributed by atoms with Crippen molar-refractivity contribution in [1.29, 1.82) is 0 Å². The number of anilines is 1. The second-order valence-corrected chi connectivity index (χ2v) is 9.39. The average molecular weight is 452 g/mol. The van der Waals surface area contributed by atoms with Gasteiger partial charge in [0.05, 0.1) is 11.9 Å². The maximum Gasteiger partial charge on any atom is 0.244 e. The highest BCUT2D eigenvalue weighted by molar-refractivity contribution is 7.92. The number of halogens is 1. The number of rotatable bonds is 8. The van der Waals surface area contributed by atoms with Gasteiger partial charge in [-0.05, 0) is 37.6 Å². The van der Waals surface area contributed by atoms with Gasteiger partial charge in [0, 0.05) is 18.6 Å². The minimum Gasteiger partial charge on any atom is -0.357 e. The van der Waals surface area contributed by atoms with Crippen molar-refractivity contribution in [3.05, 3.63) is 64.7 Å². The SMILES string of the molecule is CNC(=O)[C@H](C)N(Cc1cccc(C)c1)C(=O)CN(c1cccc(Cl)c1)S(C)(=O)=O. The number of amides is 2. The Morgan fingerprint density at radius 1 is 1.13 bits per heavy atom. The Hall–Kier alpha value is -2.58. The zero-order valence-corrected chi connectivity index (χ0v) is 19.0. The lowest BCUT2D eigenvalue weighted by molar-refractivity contribution is -0.139. The van der Waals surface area contributed by atoms with E-state index in [1.165, 1.54) is 18.0 Å². The summed E-state index contributed by atoms with van der Waals surface area (Å²) >= 11 is 6.00. The summed E-state index contributed by atoms with van der Waals surface area (Å²) < 4.78 is 25.8. The molecule has 0 fully saturated rings. The zero-order chi connectivity index (χ0) is 22.5. The molecule has 162 valence electrons. The molecular weight excluding hydrogens is 426 g/mol. The number of benzene rings is 2. The first kappa shape index (κ1) is 23.7. The van der Waals surface area contributed by atoms with Crippen LogP contribution in [0.2, 0.25) is 5.02 Å². The number of hydrogen-bond donors (Lipinski definition) is 1. The van der Waals surface area contributed by atoms with Gasteiger partial charge >= 0.3 is 0 Å². The van der Waals surface area contributed by atoms with E-state index in [1.54, 1.807) is 25.1 Å². The Balaban J connectivity index is 2.38. The molecule has 0 aromatic heterocycles. The van der Waals surface area contributed by atoms with Gasteiger partial charge in [0.25, 0.3) is 0 Å². The van der Waals surface area contributed by atoms with Crippen molar-refractivity contribution in [3.8, 4) is 0 Å². The second-order valence-electron chi connectivity index (χ2n) is 7.05. The molecule has 0 heterocycles. The van der Waals surface area contributed by atoms with Crippen LogP contribution in [-0.2, 0) is 26.2 Å². The van der Waals surface area contributed by atoms with Crippen LogP contribution in [0.15, 0.2) is 48.5 Å². The molecule has 0 saturated heterocycles. The van der Waals surface area contributed by atoms with Gasteiger partial charge in [-0.2, -0.15) is 0 Å². The summed E-state index contributed by atoms with van der Waals surface area (Å²) in [7, 11) is -2.28. The van der Waals surface area contributed by atoms with Crippen LogP contribution in [0.1, 0.15) is 18.1 Å². The van der Waals surface area contributed by atoms with Gasteiger partial charge in [0.15, 0.2) is 0 Å². The number of likely N-dealkylation sites (N-methyl/N-ethyl adjacent to an activating group) is 1. The highest BCUT2D eigenvalue weighted by Gasteiger charge is 2.29. The van der Waals surface area contributed by atoms with Crippen molar-refractivity contribution >= 4 is 39.1 Å². The van der Waals surface area contributed by atoms with E-state index < -0.39 is 28.5 Å². The molecule has 2 rings (SSSR count). The minimum absolute atomic E-state index is 0.169. The molecule has 0 bridgehead atoms. The normalized spacial score (nSPS) is 12.2. The molecule has 2 amide bonds. The Morgan fingerprint density at radius 2 is 1.80 bits per heavy atom. The number of carbonyl (C=O) groups is 2. The van der Waals surface area contributed by atoms with Crippen LogP contribution in [-0.4, -0.2) is 51.0 Å². The first-order valence-electron chi connectivity index (χ1n) is 9.33. The fraction of sp³-hybridized carbons (Fsp3) is 0.333. The Labute approximate surface area is 182 Å². The van der Waals surface area contributed by atoms with E-state index in [2.05, 4.69) is 5.32 Å². The highest BCUT2D eigenvalue weighted by atomic mass is 35.5. The Bertz CT molecular complexity index is 1030. The van der Waals surface area contributed by atoms with Crippen molar-refractivity contribution < 1.29 is 18.0 Å². The van der Waals surface area contributed by atoms with Crippen molar-refractivity contribution in [3.63, 3.8) is 0 Å². The van der Waals surface area contributed by atoms with Gasteiger partial charge in [0.1, 0.15) is 12.6 Å². The lowest BCUT2D eigenvalue weighted by atomic mass is 10.1. The van der Waals surface area contributed by atoms with Gasteiger partial charge in [-0.25, -0.2) is 8.42 Å². The van der Waals surface area contributed by atoms with Gasteiger partial charge in [0.2, 0.25) is 21.8 Å². The third-order valence-corrected chi connectivity index (χ3v) is 6.00. The number of hydrogen-bond acceptors (Lipinski definition) is 4. The molecule has 7 nitrogen and oxygen atoms in total. The Kier molecular flexibility index (Phi) is 7.86. The average Bonchev–Trinajstić information content (AvgIpc) is 2.68. The molecule has 1 atom stereocenters. The first-order chi connectivity index (χ1) is 14.0. The Morgan fingerprint density at radius 3 is 2.37 bits per heavy atom. The molecule has 30 heavy (non-hydrogen) atoms. The molecule has 0 spiro atoms. The molecule has 9 heteroatoms. The molecule has 2 aromatic carbocycles. The van der Waals surface area contributed by atoms with E-state index in [1.807, 2.05) is 31.2 Å². The largest absolute Gasteiger partial charge is 0.357 e. The van der Waals surface area contributed by atoms with Crippen LogP contribution in [0.5, 0.6) is 0 Å². The summed E-state index contributed by atoms with van der Waals surface area (Å²) in [5.41, 5.74) is 2.14. The van der Waals surface area contributed by atoms with E-state index in [0.717, 1.165) is 21.7 Å². The fourth-order valence-electron chi connectivity index (χ4n) is 3.04. The molecule has 0 radical (unpaired) electrons. The lowest BCUT2D eigenvalue weighted by Gasteiger charge is -2.31. The van der Waals surface area contributed by atoms with Gasteiger partial charge < -0.3 is 10.2 Å². The van der Waals surface area contributed by atoms with Crippen LogP contribution in [0.3, 0.4) is 0 Å². The van der Waals surface area contributed by atoms with Gasteiger partial charge in [-0.15, -0.1) is 0 Å². The van der Waals surface area contributed by atoms with Crippen LogP contribution in [0.4, 0.5) is 5.69 Å². The monoisotopic (exact) mass is 451 g/mol. The number of nitrogens with zero attached hydrogens (tertiary/aromatic N) is 2. The first-order valence-corrected chi connectivity index (χ1v) is 11.6. The summed E-state index contributed by atoms with van der Waals surface area (Å²) in [5.74, 6) is -0.845. The van der Waals surface area contributed by atoms with E-state index in [-0.39, 0.29) is 18.1 Å². The van der Waals surface area contributed by atoms with Crippen molar-refractivity contribution in [2.75, 3.05) is 24.2 Å². The van der Waals surface area contributed by atoms with Crippen LogP contribution >= 0.6 is 11.6 Å². The summed E-state index contributed by atoms with van der Waals surface area (Å²) in [6.45, 7) is 3.26. The highest BCUT2D eigenvalue weighted by Crippen LogP contribution is 2.22. The van der Waals surface area contributed by atoms with Crippen LogP contribution < -0.4 is 9.62 Å². The number of nitrogens with one attached hydrogen (secondary N) is 1. The van der Waals surface area contributed by atoms with Crippen molar-refractivity contribution in [2.24, 2.45) is 0 Å². The minimum atomic E-state index is -3.77. The molecule has 0 aliphatic rings. The summed E-state index contributed by atoms with van der Waals surface area (Å²) in [5, 5.41) is 2.89. The van der Waals surface area contributed by atoms with Crippen LogP contribution in [0, 0.1) is 6.92 Å². The van der Waals surface area contributed by atoms with E-state index in [9.17, 15) is 18.0 Å². The maximum atomic E-state index is 13.2. The number of aryl methyl sites for hydroxylation is 1. The van der Waals surface area contributed by atoms with E-state index >= 15 is 0 Å². The second kappa shape index (κ2) is 9.95. The molecule has 2 aromatic rings. The predicted molar refractivity (Wildman–Crippen MR) is 119 cm³/mol. The van der Waals surface area contributed by atoms with Gasteiger partial charge in [-0.3, -0.25) is 13.9 Å². The topological polar surface area (TPSA) is 86.8 Å². The molecular formula is C21H26ClN3O4S. The smallest absolute Gasteiger partial charge is 0.244 e. The van der Waals surface area contributed by atoms with Crippen molar-refractivity contribution in [1.82, 2.24) is 10.2 Å². The third kappa shape index (κ3) is 6.21. The summed E-state index contributed by atoms with van der Waals surface area (Å²) in [6.07, 6.45) is 1.02. The number of carbonyl (C=O) groups excluding carboxylic acids is 2. The predicted octanol–water partition coefficient (Wildman–Crippen LogP) is 2.58. The summed E-state index contributed by atoms with van der Waals surface area (Å²) in [4.78, 5) is 26.8. The van der Waals surface area contributed by atoms with Crippen LogP contribution in [0.25, 0.3) is 0 Å². The molecule has 0 aliphatic carbocycles. The standard InChI is InChI=1S/C21H26ClN3O4S/c1-15-7-5-8-17(11-15)13-24(16(2)21(27)23-3)20(26)14-25(30(4,28)29)19-10-6-9-18(22)12-19/h5-12,16H,13-14H2,1-4H3,(H,23,27)/t16-/m0/s1. The van der Waals surface area contributed by atoms with Gasteiger partial charge in [-0.1, -0.05) is 47.5 Å². The zero-order valence-electron chi connectivity index (χ0n) is 17.4. The van der Waals surface area contributed by atoms with Crippen molar-refractivity contribution in [2.45, 2.75) is 26.4 Å². The van der Waals surface area contributed by atoms with E-state index in [4.69, 9.17) is 11.6 Å². The maximum absolute atomic E-state index is 13.2. The molecule has 0 unspecified atom stereocenters. The summed E-state index contributed by atoms with van der Waals surface area (Å²) in [6, 6.07) is 13.1. The third-order valence-electron chi connectivity index (χ3n) is 4.62. The number of sulfonamides is 1. The molecule has 0 saturated carbocycles. The molecule has 0 aliphatic heterocycles. The lowest BCUT2D eigenvalue weighted by Crippen LogP contribution is -2.50. The fourth-order valence-corrected chi connectivity index (χ4v) is 4.07. The molecule has 1 N–H and O–H groups in total. The quantitative estimate of drug-likeness (QED) is 0.668. The van der Waals surface area contributed by atoms with E-state index in [0.29, 0.717) is 5.02 Å².